The molecule has 2 N–H and O–H groups in total. The Bertz CT molecular complexity index is 945. The van der Waals surface area contributed by atoms with Gasteiger partial charge in [-0.25, -0.2) is 0 Å². The third-order valence-electron chi connectivity index (χ3n) is 4.20. The lowest BCUT2D eigenvalue weighted by molar-refractivity contribution is 0.305. The van der Waals surface area contributed by atoms with Crippen molar-refractivity contribution in [3.63, 3.8) is 0 Å². The van der Waals surface area contributed by atoms with Crippen LogP contribution in [0.15, 0.2) is 40.9 Å². The number of halogens is 2. The molecule has 8 heteroatoms. The molecule has 1 aromatic heterocycles. The maximum absolute atomic E-state index is 6.23. The lowest BCUT2D eigenvalue weighted by Gasteiger charge is -2.30. The van der Waals surface area contributed by atoms with E-state index < -0.39 is 0 Å². The molecule has 134 valence electrons. The lowest BCUT2D eigenvalue weighted by atomic mass is 10.1. The summed E-state index contributed by atoms with van der Waals surface area (Å²) in [4.78, 5) is 6.61. The highest BCUT2D eigenvalue weighted by Gasteiger charge is 2.21. The first-order valence-electron chi connectivity index (χ1n) is 8.13. The molecule has 0 radical (unpaired) electrons. The van der Waals surface area contributed by atoms with Crippen LogP contribution in [-0.2, 0) is 13.1 Å². The summed E-state index contributed by atoms with van der Waals surface area (Å²) in [5, 5.41) is 4.92. The fourth-order valence-corrected chi connectivity index (χ4v) is 3.26. The largest absolute Gasteiger partial charge is 0.490 e. The van der Waals surface area contributed by atoms with Crippen LogP contribution in [0.25, 0.3) is 11.5 Å². The molecule has 1 aliphatic heterocycles. The van der Waals surface area contributed by atoms with Crippen molar-refractivity contribution in [1.29, 1.82) is 0 Å². The first-order chi connectivity index (χ1) is 12.7. The van der Waals surface area contributed by atoms with Gasteiger partial charge < -0.3 is 19.9 Å². The van der Waals surface area contributed by atoms with Crippen LogP contribution in [0.5, 0.6) is 5.75 Å². The van der Waals surface area contributed by atoms with E-state index in [0.29, 0.717) is 47.0 Å². The number of nitrogens with two attached hydrogens (primary N) is 1. The van der Waals surface area contributed by atoms with Crippen molar-refractivity contribution in [2.24, 2.45) is 5.73 Å². The predicted octanol–water partition coefficient (Wildman–Crippen LogP) is 3.90. The molecule has 1 aliphatic rings. The van der Waals surface area contributed by atoms with Crippen molar-refractivity contribution in [1.82, 2.24) is 10.1 Å². The van der Waals surface area contributed by atoms with Gasteiger partial charge in [-0.3, -0.25) is 0 Å². The van der Waals surface area contributed by atoms with Gasteiger partial charge >= 0.3 is 0 Å². The summed E-state index contributed by atoms with van der Waals surface area (Å²) < 4.78 is 11.1. The van der Waals surface area contributed by atoms with Gasteiger partial charge in [0.25, 0.3) is 5.89 Å². The molecule has 0 atom stereocenters. The Morgan fingerprint density at radius 2 is 2.08 bits per heavy atom. The maximum Gasteiger partial charge on any atom is 0.259 e. The van der Waals surface area contributed by atoms with Crippen LogP contribution < -0.4 is 15.4 Å². The van der Waals surface area contributed by atoms with Crippen LogP contribution in [0.1, 0.15) is 11.4 Å². The molecule has 6 nitrogen and oxygen atoms in total. The van der Waals surface area contributed by atoms with Gasteiger partial charge in [-0.05, 0) is 29.8 Å². The first kappa shape index (κ1) is 17.1. The monoisotopic (exact) mass is 390 g/mol. The number of rotatable bonds is 4. The SMILES string of the molecule is NCc1ccc2c(c1)OCCN2Cc1noc(-c2cccc(Cl)c2Cl)n1. The zero-order valence-electron chi connectivity index (χ0n) is 13.8. The molecule has 2 heterocycles. The molecule has 0 fully saturated rings. The van der Waals surface area contributed by atoms with Gasteiger partial charge in [-0.15, -0.1) is 0 Å². The van der Waals surface area contributed by atoms with E-state index in [9.17, 15) is 0 Å². The summed E-state index contributed by atoms with van der Waals surface area (Å²) in [6.07, 6.45) is 0. The van der Waals surface area contributed by atoms with Gasteiger partial charge in [0.1, 0.15) is 12.4 Å². The maximum atomic E-state index is 6.23. The molecule has 0 aliphatic carbocycles. The number of ether oxygens (including phenoxy) is 1. The van der Waals surface area contributed by atoms with Crippen molar-refractivity contribution >= 4 is 28.9 Å². The third-order valence-corrected chi connectivity index (χ3v) is 5.02. The molecule has 0 unspecified atom stereocenters. The average Bonchev–Trinajstić information content (AvgIpc) is 3.12. The molecule has 2 aromatic carbocycles. The summed E-state index contributed by atoms with van der Waals surface area (Å²) in [5.74, 6) is 1.73. The fraction of sp³-hybridized carbons (Fsp3) is 0.222. The third kappa shape index (κ3) is 3.23. The number of hydrogen-bond acceptors (Lipinski definition) is 6. The van der Waals surface area contributed by atoms with Crippen molar-refractivity contribution in [2.75, 3.05) is 18.1 Å². The topological polar surface area (TPSA) is 77.4 Å². The number of hydrogen-bond donors (Lipinski definition) is 1. The highest BCUT2D eigenvalue weighted by atomic mass is 35.5. The predicted molar refractivity (Wildman–Crippen MR) is 101 cm³/mol. The zero-order valence-corrected chi connectivity index (χ0v) is 15.3. The number of fused-ring (bicyclic) bond motifs is 1. The van der Waals surface area contributed by atoms with Gasteiger partial charge in [-0.1, -0.05) is 40.5 Å². The van der Waals surface area contributed by atoms with Crippen LogP contribution in [0, 0.1) is 0 Å². The Hall–Kier alpha value is -2.28. The van der Waals surface area contributed by atoms with Crippen LogP contribution >= 0.6 is 23.2 Å². The van der Waals surface area contributed by atoms with Crippen LogP contribution in [-0.4, -0.2) is 23.3 Å². The molecule has 0 amide bonds. The second-order valence-corrected chi connectivity index (χ2v) is 6.68. The van der Waals surface area contributed by atoms with Crippen LogP contribution in [0.3, 0.4) is 0 Å². The minimum atomic E-state index is 0.347. The van der Waals surface area contributed by atoms with E-state index in [0.717, 1.165) is 23.5 Å². The van der Waals surface area contributed by atoms with E-state index in [1.165, 1.54) is 0 Å². The van der Waals surface area contributed by atoms with Gasteiger partial charge in [0.2, 0.25) is 0 Å². The van der Waals surface area contributed by atoms with E-state index in [1.807, 2.05) is 18.2 Å². The van der Waals surface area contributed by atoms with Crippen molar-refractivity contribution in [3.05, 3.63) is 57.8 Å². The molecule has 0 spiro atoms. The molecule has 4 rings (SSSR count). The summed E-state index contributed by atoms with van der Waals surface area (Å²) in [6.45, 7) is 2.30. The zero-order chi connectivity index (χ0) is 18.1. The van der Waals surface area contributed by atoms with E-state index in [4.69, 9.17) is 38.2 Å². The summed E-state index contributed by atoms with van der Waals surface area (Å²) >= 11 is 12.3. The highest BCUT2D eigenvalue weighted by Crippen LogP contribution is 2.34. The molecule has 26 heavy (non-hydrogen) atoms. The fourth-order valence-electron chi connectivity index (χ4n) is 2.88. The van der Waals surface area contributed by atoms with Crippen molar-refractivity contribution < 1.29 is 9.26 Å². The summed E-state index contributed by atoms with van der Waals surface area (Å²) in [6, 6.07) is 11.3. The van der Waals surface area contributed by atoms with Crippen molar-refractivity contribution in [2.45, 2.75) is 13.1 Å². The quantitative estimate of drug-likeness (QED) is 0.727. The number of anilines is 1. The van der Waals surface area contributed by atoms with E-state index in [1.54, 1.807) is 18.2 Å². The number of aromatic nitrogens is 2. The van der Waals surface area contributed by atoms with Crippen LogP contribution in [0.2, 0.25) is 10.0 Å². The van der Waals surface area contributed by atoms with Crippen molar-refractivity contribution in [3.8, 4) is 17.2 Å². The lowest BCUT2D eigenvalue weighted by Crippen LogP contribution is -2.32. The molecular formula is C18H16Cl2N4O2. The summed E-state index contributed by atoms with van der Waals surface area (Å²) in [5.41, 5.74) is 8.34. The molecule has 0 bridgehead atoms. The Morgan fingerprint density at radius 3 is 2.92 bits per heavy atom. The van der Waals surface area contributed by atoms with E-state index >= 15 is 0 Å². The summed E-state index contributed by atoms with van der Waals surface area (Å²) in [7, 11) is 0. The van der Waals surface area contributed by atoms with Gasteiger partial charge in [0.05, 0.1) is 34.4 Å². The van der Waals surface area contributed by atoms with E-state index in [2.05, 4.69) is 15.0 Å². The first-order valence-corrected chi connectivity index (χ1v) is 8.89. The minimum Gasteiger partial charge on any atom is -0.490 e. The number of nitrogens with zero attached hydrogens (tertiary/aromatic N) is 3. The van der Waals surface area contributed by atoms with Gasteiger partial charge in [0.15, 0.2) is 5.82 Å². The molecular weight excluding hydrogens is 375 g/mol. The van der Waals surface area contributed by atoms with Gasteiger partial charge in [-0.2, -0.15) is 4.98 Å². The average molecular weight is 391 g/mol. The standard InChI is InChI=1S/C18H16Cl2N4O2/c19-13-3-1-2-12(17(13)20)18-22-16(23-26-18)10-24-6-7-25-15-8-11(9-21)4-5-14(15)24/h1-5,8H,6-7,9-10,21H2. The molecule has 3 aromatic rings. The smallest absolute Gasteiger partial charge is 0.259 e. The Labute approximate surface area is 160 Å². The highest BCUT2D eigenvalue weighted by molar-refractivity contribution is 6.43. The van der Waals surface area contributed by atoms with Crippen LogP contribution in [0.4, 0.5) is 5.69 Å². The Balaban J connectivity index is 1.58. The molecule has 0 saturated carbocycles. The second-order valence-electron chi connectivity index (χ2n) is 5.89. The Kier molecular flexibility index (Phi) is 4.72. The number of benzene rings is 2. The normalized spacial score (nSPS) is 13.4. The minimum absolute atomic E-state index is 0.347. The molecule has 0 saturated heterocycles. The van der Waals surface area contributed by atoms with Gasteiger partial charge in [0, 0.05) is 6.54 Å². The van der Waals surface area contributed by atoms with E-state index in [-0.39, 0.29) is 0 Å². The second kappa shape index (κ2) is 7.15. The Morgan fingerprint density at radius 1 is 1.19 bits per heavy atom.